The van der Waals surface area contributed by atoms with E-state index in [0.29, 0.717) is 5.69 Å². The summed E-state index contributed by atoms with van der Waals surface area (Å²) in [6.07, 6.45) is 1.49. The molecule has 5 heterocycles. The van der Waals surface area contributed by atoms with Crippen molar-refractivity contribution < 1.29 is 29.1 Å². The molecule has 5 aliphatic rings. The molecule has 1 aromatic rings. The van der Waals surface area contributed by atoms with Crippen molar-refractivity contribution in [1.29, 1.82) is 0 Å². The molecule has 28 heavy (non-hydrogen) atoms. The minimum absolute atomic E-state index is 0.217. The fraction of sp³-hybridized carbons (Fsp3) is 0.474. The number of aliphatic imine (C=N–C) groups is 1. The zero-order valence-corrected chi connectivity index (χ0v) is 15.8. The average molecular weight is 385 g/mol. The zero-order chi connectivity index (χ0) is 19.5. The van der Waals surface area contributed by atoms with Crippen molar-refractivity contribution in [3.05, 3.63) is 29.8 Å². The highest BCUT2D eigenvalue weighted by Gasteiger charge is 2.57. The summed E-state index contributed by atoms with van der Waals surface area (Å²) < 4.78 is 0. The fourth-order valence-electron chi connectivity index (χ4n) is 5.31. The Bertz CT molecular complexity index is 862. The molecule has 4 amide bonds. The number of quaternary nitrogens is 3. The molecule has 1 atom stereocenters. The van der Waals surface area contributed by atoms with Crippen molar-refractivity contribution in [3.8, 4) is 0 Å². The van der Waals surface area contributed by atoms with Crippen LogP contribution in [-0.4, -0.2) is 69.2 Å². The highest BCUT2D eigenvalue weighted by Crippen LogP contribution is 2.21. The predicted octanol–water partition coefficient (Wildman–Crippen LogP) is -4.43. The quantitative estimate of drug-likeness (QED) is 0.313. The van der Waals surface area contributed by atoms with Gasteiger partial charge in [0, 0.05) is 6.21 Å². The van der Waals surface area contributed by atoms with Crippen molar-refractivity contribution in [2.24, 2.45) is 10.9 Å². The summed E-state index contributed by atoms with van der Waals surface area (Å²) in [5.41, 5.74) is 1.18. The van der Waals surface area contributed by atoms with Gasteiger partial charge in [-0.3, -0.25) is 19.9 Å². The number of barbiturate groups is 1. The van der Waals surface area contributed by atoms with Crippen molar-refractivity contribution in [2.75, 3.05) is 44.5 Å². The molecule has 5 fully saturated rings. The van der Waals surface area contributed by atoms with E-state index >= 15 is 0 Å². The van der Waals surface area contributed by atoms with Gasteiger partial charge in [-0.25, -0.2) is 24.4 Å². The van der Waals surface area contributed by atoms with Crippen molar-refractivity contribution in [1.82, 2.24) is 5.32 Å². The molecule has 0 aromatic heterocycles. The standard InChI is InChI=1S/C19H22N6O3/c1-13-3-2-4-14(5-13)25-17(27)15(16(26)21-18(25)28)6-20-19-7-22-10-23(8-19)12-24(9-19)11-22/h2-6,15H,7-12H2,1H3,(H,21,26,28)/p+3/t15-/m1/s1. The van der Waals surface area contributed by atoms with Gasteiger partial charge >= 0.3 is 6.03 Å². The highest BCUT2D eigenvalue weighted by molar-refractivity contribution is 6.32. The van der Waals surface area contributed by atoms with Gasteiger partial charge in [-0.15, -0.1) is 0 Å². The number of imide groups is 2. The molecule has 4 N–H and O–H groups in total. The summed E-state index contributed by atoms with van der Waals surface area (Å²) in [5, 5.41) is 2.31. The normalized spacial score (nSPS) is 37.0. The number of nitrogens with one attached hydrogen (secondary N) is 4. The molecule has 0 radical (unpaired) electrons. The van der Waals surface area contributed by atoms with Crippen LogP contribution in [0.5, 0.6) is 0 Å². The van der Waals surface area contributed by atoms with Crippen LogP contribution in [0, 0.1) is 12.8 Å². The largest absolute Gasteiger partial charge is 0.335 e. The third-order valence-corrected chi connectivity index (χ3v) is 6.20. The Kier molecular flexibility index (Phi) is 3.87. The maximum atomic E-state index is 13.0. The SMILES string of the molecule is Cc1cccc(N2C(=O)NC(=O)[C@@H](C=NC34C[NH+]5C[NH+](C[NH+](C5)C3)C4)C2=O)c1. The Morgan fingerprint density at radius 1 is 1.11 bits per heavy atom. The van der Waals surface area contributed by atoms with Crippen LogP contribution in [0.3, 0.4) is 0 Å². The lowest BCUT2D eigenvalue weighted by Gasteiger charge is -2.50. The van der Waals surface area contributed by atoms with E-state index < -0.39 is 23.8 Å². The van der Waals surface area contributed by atoms with Crippen molar-refractivity contribution in [2.45, 2.75) is 12.5 Å². The Hall–Kier alpha value is -2.62. The lowest BCUT2D eigenvalue weighted by molar-refractivity contribution is -1.29. The summed E-state index contributed by atoms with van der Waals surface area (Å²) in [4.78, 5) is 48.2. The highest BCUT2D eigenvalue weighted by atomic mass is 16.2. The van der Waals surface area contributed by atoms with Gasteiger partial charge in [0.2, 0.25) is 31.5 Å². The average Bonchev–Trinajstić information content (AvgIpc) is 2.60. The molecule has 0 aliphatic carbocycles. The van der Waals surface area contributed by atoms with Crippen LogP contribution in [0.15, 0.2) is 29.3 Å². The smallest absolute Gasteiger partial charge is 0.276 e. The van der Waals surface area contributed by atoms with E-state index in [4.69, 9.17) is 4.99 Å². The molecule has 9 nitrogen and oxygen atoms in total. The number of benzene rings is 1. The van der Waals surface area contributed by atoms with Crippen LogP contribution >= 0.6 is 0 Å². The van der Waals surface area contributed by atoms with E-state index in [0.717, 1.165) is 50.1 Å². The summed E-state index contributed by atoms with van der Waals surface area (Å²) in [6.45, 7) is 8.09. The Labute approximate surface area is 162 Å². The van der Waals surface area contributed by atoms with Gasteiger partial charge < -0.3 is 0 Å². The molecular formula is C19H25N6O3+3. The van der Waals surface area contributed by atoms with Crippen LogP contribution < -0.4 is 24.9 Å². The first kappa shape index (κ1) is 17.5. The van der Waals surface area contributed by atoms with Gasteiger partial charge in [0.05, 0.1) is 5.69 Å². The van der Waals surface area contributed by atoms with E-state index in [2.05, 4.69) is 5.32 Å². The summed E-state index contributed by atoms with van der Waals surface area (Å²) in [5.74, 6) is -2.22. The molecule has 4 bridgehead atoms. The van der Waals surface area contributed by atoms with E-state index in [-0.39, 0.29) is 5.54 Å². The molecule has 5 aliphatic heterocycles. The number of urea groups is 1. The molecule has 0 unspecified atom stereocenters. The molecular weight excluding hydrogens is 360 g/mol. The lowest BCUT2D eigenvalue weighted by Crippen LogP contribution is -3.56. The number of rotatable bonds is 3. The lowest BCUT2D eigenvalue weighted by atomic mass is 9.91. The fourth-order valence-corrected chi connectivity index (χ4v) is 5.31. The summed E-state index contributed by atoms with van der Waals surface area (Å²) >= 11 is 0. The summed E-state index contributed by atoms with van der Waals surface area (Å²) in [6, 6.07) is 6.41. The molecule has 1 aromatic carbocycles. The van der Waals surface area contributed by atoms with Gasteiger partial charge in [-0.2, -0.15) is 0 Å². The van der Waals surface area contributed by atoms with Crippen molar-refractivity contribution >= 4 is 29.7 Å². The number of hydrogen-bond acceptors (Lipinski definition) is 4. The van der Waals surface area contributed by atoms with E-state index in [1.807, 2.05) is 13.0 Å². The number of amides is 4. The first-order valence-electron chi connectivity index (χ1n) is 9.74. The van der Waals surface area contributed by atoms with E-state index in [1.54, 1.807) is 18.2 Å². The maximum Gasteiger partial charge on any atom is 0.335 e. The Morgan fingerprint density at radius 3 is 2.36 bits per heavy atom. The Morgan fingerprint density at radius 2 is 1.75 bits per heavy atom. The first-order chi connectivity index (χ1) is 13.4. The molecule has 5 saturated heterocycles. The number of carbonyl (C=O) groups is 3. The second-order valence-electron chi connectivity index (χ2n) is 8.60. The van der Waals surface area contributed by atoms with Crippen LogP contribution in [0.4, 0.5) is 10.5 Å². The summed E-state index contributed by atoms with van der Waals surface area (Å²) in [7, 11) is 0. The third-order valence-electron chi connectivity index (χ3n) is 6.20. The number of carbonyl (C=O) groups excluding carboxylic acids is 3. The second kappa shape index (κ2) is 6.20. The van der Waals surface area contributed by atoms with Gasteiger partial charge in [-0.1, -0.05) is 12.1 Å². The van der Waals surface area contributed by atoms with Crippen molar-refractivity contribution in [3.63, 3.8) is 0 Å². The van der Waals surface area contributed by atoms with Gasteiger partial charge in [0.15, 0.2) is 5.92 Å². The first-order valence-corrected chi connectivity index (χ1v) is 9.74. The predicted molar refractivity (Wildman–Crippen MR) is 99.0 cm³/mol. The topological polar surface area (TPSA) is 92.2 Å². The van der Waals surface area contributed by atoms with Gasteiger partial charge in [-0.05, 0) is 24.6 Å². The minimum Gasteiger partial charge on any atom is -0.276 e. The number of nitrogens with zero attached hydrogens (tertiary/aromatic N) is 2. The van der Waals surface area contributed by atoms with Crippen LogP contribution in [0.25, 0.3) is 0 Å². The van der Waals surface area contributed by atoms with Crippen LogP contribution in [0.2, 0.25) is 0 Å². The van der Waals surface area contributed by atoms with Crippen LogP contribution in [-0.2, 0) is 9.59 Å². The van der Waals surface area contributed by atoms with Gasteiger partial charge in [0.1, 0.15) is 19.6 Å². The zero-order valence-electron chi connectivity index (χ0n) is 15.8. The number of anilines is 1. The van der Waals surface area contributed by atoms with Crippen LogP contribution in [0.1, 0.15) is 5.56 Å². The molecule has 6 rings (SSSR count). The molecule has 9 heteroatoms. The second-order valence-corrected chi connectivity index (χ2v) is 8.60. The number of hydrogen-bond donors (Lipinski definition) is 4. The molecule has 146 valence electrons. The van der Waals surface area contributed by atoms with Gasteiger partial charge in [0.25, 0.3) is 5.91 Å². The molecule has 0 spiro atoms. The Balaban J connectivity index is 1.41. The molecule has 0 saturated carbocycles. The minimum atomic E-state index is -1.08. The van der Waals surface area contributed by atoms with E-state index in [9.17, 15) is 14.4 Å². The maximum absolute atomic E-state index is 13.0. The monoisotopic (exact) mass is 385 g/mol. The number of aryl methyl sites for hydroxylation is 1. The van der Waals surface area contributed by atoms with E-state index in [1.165, 1.54) is 20.9 Å². The third kappa shape index (κ3) is 2.83.